The van der Waals surface area contributed by atoms with Gasteiger partial charge < -0.3 is 20.7 Å². The van der Waals surface area contributed by atoms with E-state index in [1.165, 1.54) is 6.20 Å². The summed E-state index contributed by atoms with van der Waals surface area (Å²) in [6.45, 7) is 7.31. The summed E-state index contributed by atoms with van der Waals surface area (Å²) in [6, 6.07) is 0.491. The van der Waals surface area contributed by atoms with E-state index in [0.717, 1.165) is 51.6 Å². The van der Waals surface area contributed by atoms with Crippen molar-refractivity contribution in [2.75, 3.05) is 43.4 Å². The Kier molecular flexibility index (Phi) is 6.51. The second-order valence-electron chi connectivity index (χ2n) is 12.1. The normalized spacial score (nSPS) is 25.0. The van der Waals surface area contributed by atoms with E-state index >= 15 is 4.39 Å². The summed E-state index contributed by atoms with van der Waals surface area (Å²) in [6.07, 6.45) is 3.69. The van der Waals surface area contributed by atoms with E-state index in [4.69, 9.17) is 15.5 Å². The summed E-state index contributed by atoms with van der Waals surface area (Å²) in [5.74, 6) is -3.07. The van der Waals surface area contributed by atoms with Crippen molar-refractivity contribution in [2.45, 2.75) is 61.8 Å². The van der Waals surface area contributed by atoms with Crippen molar-refractivity contribution in [3.05, 3.63) is 42.1 Å². The van der Waals surface area contributed by atoms with Crippen LogP contribution in [0.25, 0.3) is 22.3 Å². The van der Waals surface area contributed by atoms with Crippen molar-refractivity contribution in [1.29, 1.82) is 0 Å². The third-order valence-corrected chi connectivity index (χ3v) is 9.46. The average molecular weight is 603 g/mol. The van der Waals surface area contributed by atoms with Gasteiger partial charge in [-0.3, -0.25) is 9.88 Å². The Labute approximate surface area is 244 Å². The number of pyridine rings is 2. The van der Waals surface area contributed by atoms with E-state index in [9.17, 15) is 17.6 Å². The second kappa shape index (κ2) is 9.94. The molecule has 2 atom stereocenters. The highest BCUT2D eigenvalue weighted by atomic mass is 19.4. The van der Waals surface area contributed by atoms with E-state index in [1.54, 1.807) is 0 Å². The minimum Gasteiger partial charge on any atom is -0.461 e. The van der Waals surface area contributed by atoms with Crippen molar-refractivity contribution in [3.8, 4) is 17.4 Å². The van der Waals surface area contributed by atoms with E-state index in [-0.39, 0.29) is 34.0 Å². The number of hydrogen-bond donors (Lipinski definition) is 2. The van der Waals surface area contributed by atoms with Crippen molar-refractivity contribution in [2.24, 2.45) is 0 Å². The standard InChI is InChI=1S/C29H31F5N8O/c1-2-27-8-5-16(40-27)13-41(14-27)25-17-12-36-24(23-20(29(32,33)34)18(30)11-19(35)37-23)21(31)22(17)38-26(39-25)43-15-28-6-3-9-42(28)10-4-7-28/h2,11-12,16,40H,1,3-10,13-15H2,(H2,35,37). The Balaban J connectivity index is 1.37. The van der Waals surface area contributed by atoms with Crippen LogP contribution in [0.3, 0.4) is 0 Å². The Bertz CT molecular complexity index is 1610. The third-order valence-electron chi connectivity index (χ3n) is 9.46. The molecule has 0 saturated carbocycles. The number of halogens is 5. The molecule has 7 heterocycles. The smallest absolute Gasteiger partial charge is 0.421 e. The lowest BCUT2D eigenvalue weighted by Gasteiger charge is -2.40. The first-order chi connectivity index (χ1) is 20.5. The number of piperazine rings is 1. The molecule has 3 N–H and O–H groups in total. The van der Waals surface area contributed by atoms with Gasteiger partial charge in [-0.2, -0.15) is 23.1 Å². The van der Waals surface area contributed by atoms with Crippen molar-refractivity contribution in [3.63, 3.8) is 0 Å². The molecule has 43 heavy (non-hydrogen) atoms. The van der Waals surface area contributed by atoms with Gasteiger partial charge in [0.25, 0.3) is 0 Å². The van der Waals surface area contributed by atoms with Crippen molar-refractivity contribution in [1.82, 2.24) is 30.2 Å². The van der Waals surface area contributed by atoms with Crippen LogP contribution >= 0.6 is 0 Å². The topological polar surface area (TPSA) is 105 Å². The summed E-state index contributed by atoms with van der Waals surface area (Å²) in [7, 11) is 0. The maximum absolute atomic E-state index is 16.3. The van der Waals surface area contributed by atoms with Crippen LogP contribution in [-0.4, -0.2) is 74.7 Å². The molecule has 4 fully saturated rings. The van der Waals surface area contributed by atoms with Gasteiger partial charge >= 0.3 is 12.2 Å². The maximum Gasteiger partial charge on any atom is 0.421 e. The summed E-state index contributed by atoms with van der Waals surface area (Å²) in [4.78, 5) is 21.1. The summed E-state index contributed by atoms with van der Waals surface area (Å²) < 4.78 is 78.8. The number of anilines is 2. The number of hydrogen-bond acceptors (Lipinski definition) is 9. The molecule has 4 aliphatic heterocycles. The summed E-state index contributed by atoms with van der Waals surface area (Å²) >= 11 is 0. The zero-order valence-corrected chi connectivity index (χ0v) is 23.4. The highest BCUT2D eigenvalue weighted by Gasteiger charge is 2.46. The predicted octanol–water partition coefficient (Wildman–Crippen LogP) is 4.47. The molecule has 7 rings (SSSR count). The Morgan fingerprint density at radius 2 is 1.88 bits per heavy atom. The number of fused-ring (bicyclic) bond motifs is 4. The van der Waals surface area contributed by atoms with Gasteiger partial charge in [0.15, 0.2) is 5.82 Å². The Morgan fingerprint density at radius 3 is 2.60 bits per heavy atom. The highest BCUT2D eigenvalue weighted by molar-refractivity contribution is 5.92. The molecule has 2 bridgehead atoms. The van der Waals surface area contributed by atoms with Crippen LogP contribution < -0.4 is 20.7 Å². The Hall–Kier alpha value is -3.65. The third kappa shape index (κ3) is 4.65. The molecule has 4 aliphatic rings. The van der Waals surface area contributed by atoms with Crippen LogP contribution in [0.5, 0.6) is 6.01 Å². The number of aromatic nitrogens is 4. The molecule has 14 heteroatoms. The van der Waals surface area contributed by atoms with Gasteiger partial charge in [-0.05, 0) is 51.6 Å². The predicted molar refractivity (Wildman–Crippen MR) is 149 cm³/mol. The number of rotatable bonds is 6. The number of nitrogen functional groups attached to an aromatic ring is 1. The van der Waals surface area contributed by atoms with Crippen molar-refractivity contribution >= 4 is 22.5 Å². The molecule has 0 aromatic carbocycles. The molecular formula is C29H31F5N8O. The van der Waals surface area contributed by atoms with Crippen LogP contribution in [0.15, 0.2) is 24.9 Å². The lowest BCUT2D eigenvalue weighted by atomic mass is 9.95. The van der Waals surface area contributed by atoms with Crippen LogP contribution in [0.1, 0.15) is 44.1 Å². The molecule has 228 valence electrons. The van der Waals surface area contributed by atoms with E-state index in [2.05, 4.69) is 31.7 Å². The largest absolute Gasteiger partial charge is 0.461 e. The number of alkyl halides is 3. The van der Waals surface area contributed by atoms with E-state index in [1.807, 2.05) is 11.0 Å². The average Bonchev–Trinajstić information content (AvgIpc) is 3.63. The second-order valence-corrected chi connectivity index (χ2v) is 12.1. The summed E-state index contributed by atoms with van der Waals surface area (Å²) in [5, 5.41) is 3.77. The monoisotopic (exact) mass is 602 g/mol. The molecule has 3 aromatic rings. The van der Waals surface area contributed by atoms with E-state index < -0.39 is 40.6 Å². The SMILES string of the molecule is C=CC12CCC(CN(c3nc(OCC45CCCN4CCC5)nc4c(F)c(-c5nc(N)cc(F)c5C(F)(F)F)ncc34)C1)N2. The van der Waals surface area contributed by atoms with Gasteiger partial charge in [-0.1, -0.05) is 6.08 Å². The first kappa shape index (κ1) is 28.1. The van der Waals surface area contributed by atoms with Gasteiger partial charge in [-0.15, -0.1) is 6.58 Å². The van der Waals surface area contributed by atoms with Crippen molar-refractivity contribution < 1.29 is 26.7 Å². The molecule has 0 amide bonds. The lowest BCUT2D eigenvalue weighted by molar-refractivity contribution is -0.139. The number of ether oxygens (including phenoxy) is 1. The van der Waals surface area contributed by atoms with Gasteiger partial charge in [0.1, 0.15) is 46.5 Å². The van der Waals surface area contributed by atoms with Gasteiger partial charge in [0.05, 0.1) is 16.5 Å². The Morgan fingerprint density at radius 1 is 1.12 bits per heavy atom. The van der Waals surface area contributed by atoms with Crippen LogP contribution in [0.4, 0.5) is 33.6 Å². The number of nitrogens with zero attached hydrogens (tertiary/aromatic N) is 6. The molecule has 0 radical (unpaired) electrons. The van der Waals surface area contributed by atoms with Crippen LogP contribution in [-0.2, 0) is 6.18 Å². The zero-order valence-electron chi connectivity index (χ0n) is 23.4. The zero-order chi connectivity index (χ0) is 30.1. The maximum atomic E-state index is 16.3. The molecule has 0 spiro atoms. The first-order valence-corrected chi connectivity index (χ1v) is 14.4. The van der Waals surface area contributed by atoms with E-state index in [0.29, 0.717) is 31.6 Å². The van der Waals surface area contributed by atoms with Crippen LogP contribution in [0.2, 0.25) is 0 Å². The van der Waals surface area contributed by atoms with Gasteiger partial charge in [0, 0.05) is 31.4 Å². The molecule has 2 unspecified atom stereocenters. The molecular weight excluding hydrogens is 571 g/mol. The minimum absolute atomic E-state index is 0.0898. The fraction of sp³-hybridized carbons (Fsp3) is 0.517. The molecule has 0 aliphatic carbocycles. The minimum atomic E-state index is -5.18. The fourth-order valence-corrected chi connectivity index (χ4v) is 7.43. The molecule has 4 saturated heterocycles. The number of nitrogens with one attached hydrogen (secondary N) is 1. The first-order valence-electron chi connectivity index (χ1n) is 14.4. The molecule has 3 aromatic heterocycles. The fourth-order valence-electron chi connectivity index (χ4n) is 7.43. The number of nitrogens with two attached hydrogens (primary N) is 1. The van der Waals surface area contributed by atoms with Crippen LogP contribution in [0, 0.1) is 11.6 Å². The van der Waals surface area contributed by atoms with Gasteiger partial charge in [-0.25, -0.2) is 13.8 Å². The lowest BCUT2D eigenvalue weighted by Crippen LogP contribution is -2.58. The highest BCUT2D eigenvalue weighted by Crippen LogP contribution is 2.42. The summed E-state index contributed by atoms with van der Waals surface area (Å²) in [5.41, 5.74) is 1.13. The van der Waals surface area contributed by atoms with Gasteiger partial charge in [0.2, 0.25) is 0 Å². The quantitative estimate of drug-likeness (QED) is 0.312. The molecule has 9 nitrogen and oxygen atoms in total.